The third-order valence-corrected chi connectivity index (χ3v) is 4.63. The van der Waals surface area contributed by atoms with Crippen molar-refractivity contribution >= 4 is 23.6 Å². The molecule has 36 heavy (non-hydrogen) atoms. The Hall–Kier alpha value is -2.88. The van der Waals surface area contributed by atoms with Gasteiger partial charge < -0.3 is 0 Å². The fraction of sp³-hybridized carbons (Fsp3) is 0.500. The van der Waals surface area contributed by atoms with Crippen molar-refractivity contribution in [2.24, 2.45) is 9.98 Å². The molecule has 0 aliphatic carbocycles. The fourth-order valence-corrected chi connectivity index (χ4v) is 2.83. The van der Waals surface area contributed by atoms with Crippen LogP contribution in [0.15, 0.2) is 70.9 Å². The van der Waals surface area contributed by atoms with E-state index >= 15 is 0 Å². The van der Waals surface area contributed by atoms with Crippen molar-refractivity contribution in [2.75, 3.05) is 13.1 Å². The molecule has 4 heteroatoms. The minimum absolute atomic E-state index is 0.798. The van der Waals surface area contributed by atoms with E-state index in [2.05, 4.69) is 59.8 Å². The minimum atomic E-state index is 0.798. The molecule has 0 saturated carbocycles. The van der Waals surface area contributed by atoms with E-state index in [1.165, 1.54) is 38.5 Å². The molecule has 0 spiro atoms. The number of hydrogen-bond acceptors (Lipinski definition) is 4. The van der Waals surface area contributed by atoms with E-state index in [9.17, 15) is 0 Å². The highest BCUT2D eigenvalue weighted by atomic mass is 14.7. The Labute approximate surface area is 222 Å². The standard InChI is InChI=1S/2C9H8N2.2C5H12.2C2H6/c2*1-2-5-11-9(3-1)8-4-6-10-7-8;2*1-3-5-4-2;2*1-2/h2*1-5,7H,6H2;2*3-5H2,1-2H3;2*1-2H3. The van der Waals surface area contributed by atoms with Crippen LogP contribution in [0, 0.1) is 0 Å². The van der Waals surface area contributed by atoms with Crippen molar-refractivity contribution in [1.82, 2.24) is 9.97 Å². The Balaban J connectivity index is 0. The number of aliphatic imine (C=N–C) groups is 2. The van der Waals surface area contributed by atoms with Gasteiger partial charge in [-0.05, 0) is 24.3 Å². The lowest BCUT2D eigenvalue weighted by Gasteiger charge is -1.94. The van der Waals surface area contributed by atoms with Crippen molar-refractivity contribution in [2.45, 2.75) is 93.9 Å². The maximum absolute atomic E-state index is 4.20. The van der Waals surface area contributed by atoms with E-state index in [-0.39, 0.29) is 0 Å². The third kappa shape index (κ3) is 18.4. The Kier molecular flexibility index (Phi) is 27.8. The number of aromatic nitrogens is 2. The van der Waals surface area contributed by atoms with Crippen LogP contribution in [-0.4, -0.2) is 35.5 Å². The van der Waals surface area contributed by atoms with Crippen molar-refractivity contribution in [1.29, 1.82) is 0 Å². The van der Waals surface area contributed by atoms with Crippen LogP contribution in [0.25, 0.3) is 11.1 Å². The quantitative estimate of drug-likeness (QED) is 0.403. The van der Waals surface area contributed by atoms with Gasteiger partial charge in [-0.2, -0.15) is 0 Å². The van der Waals surface area contributed by atoms with Crippen LogP contribution in [0.2, 0.25) is 0 Å². The Morgan fingerprint density at radius 2 is 0.917 bits per heavy atom. The van der Waals surface area contributed by atoms with Gasteiger partial charge in [0.1, 0.15) is 0 Å². The first-order valence-corrected chi connectivity index (χ1v) is 14.0. The summed E-state index contributed by atoms with van der Waals surface area (Å²) < 4.78 is 0. The highest BCUT2D eigenvalue weighted by Gasteiger charge is 2.02. The average Bonchev–Trinajstić information content (AvgIpc) is 3.70. The zero-order chi connectivity index (χ0) is 27.3. The third-order valence-electron chi connectivity index (χ3n) is 4.63. The molecule has 2 aliphatic rings. The monoisotopic (exact) mass is 492 g/mol. The zero-order valence-electron chi connectivity index (χ0n) is 24.4. The summed E-state index contributed by atoms with van der Waals surface area (Å²) in [4.78, 5) is 16.6. The molecule has 0 atom stereocenters. The van der Waals surface area contributed by atoms with Crippen molar-refractivity contribution in [3.05, 3.63) is 72.3 Å². The van der Waals surface area contributed by atoms with Crippen LogP contribution >= 0.6 is 0 Å². The van der Waals surface area contributed by atoms with E-state index in [4.69, 9.17) is 0 Å². The van der Waals surface area contributed by atoms with E-state index in [1.807, 2.05) is 76.5 Å². The normalized spacial score (nSPS) is 11.9. The summed E-state index contributed by atoms with van der Waals surface area (Å²) in [5.41, 5.74) is 4.28. The number of hydrogen-bond donors (Lipinski definition) is 0. The first kappa shape index (κ1) is 35.3. The molecule has 0 fully saturated rings. The second-order valence-electron chi connectivity index (χ2n) is 7.44. The van der Waals surface area contributed by atoms with Crippen LogP contribution in [0.1, 0.15) is 105 Å². The van der Waals surface area contributed by atoms with E-state index in [1.54, 1.807) is 12.4 Å². The lowest BCUT2D eigenvalue weighted by molar-refractivity contribution is 0.772. The molecule has 2 aliphatic heterocycles. The van der Waals surface area contributed by atoms with Crippen LogP contribution in [0.5, 0.6) is 0 Å². The lowest BCUT2D eigenvalue weighted by atomic mass is 10.2. The predicted octanol–water partition coefficient (Wildman–Crippen LogP) is 9.54. The number of pyridine rings is 2. The second-order valence-corrected chi connectivity index (χ2v) is 7.44. The van der Waals surface area contributed by atoms with Gasteiger partial charge >= 0.3 is 0 Å². The molecule has 2 aromatic rings. The van der Waals surface area contributed by atoms with Gasteiger partial charge in [0.2, 0.25) is 0 Å². The number of nitrogens with zero attached hydrogens (tertiary/aromatic N) is 4. The van der Waals surface area contributed by atoms with Crippen LogP contribution in [-0.2, 0) is 0 Å². The number of rotatable bonds is 6. The number of allylic oxidation sites excluding steroid dienone is 2. The van der Waals surface area contributed by atoms with E-state index in [0.29, 0.717) is 0 Å². The Morgan fingerprint density at radius 1 is 0.556 bits per heavy atom. The van der Waals surface area contributed by atoms with E-state index < -0.39 is 0 Å². The van der Waals surface area contributed by atoms with Gasteiger partial charge in [0.15, 0.2) is 0 Å². The molecular weight excluding hydrogens is 440 g/mol. The zero-order valence-corrected chi connectivity index (χ0v) is 24.4. The highest BCUT2D eigenvalue weighted by Crippen LogP contribution is 2.12. The molecule has 200 valence electrons. The van der Waals surface area contributed by atoms with Crippen molar-refractivity contribution in [3.63, 3.8) is 0 Å². The number of unbranched alkanes of at least 4 members (excludes halogenated alkanes) is 4. The molecule has 0 amide bonds. The maximum Gasteiger partial charge on any atom is 0.0714 e. The molecule has 0 aromatic carbocycles. The van der Waals surface area contributed by atoms with Crippen molar-refractivity contribution < 1.29 is 0 Å². The first-order chi connectivity index (χ1) is 17.8. The van der Waals surface area contributed by atoms with E-state index in [0.717, 1.165) is 35.6 Å². The summed E-state index contributed by atoms with van der Waals surface area (Å²) in [7, 11) is 0. The van der Waals surface area contributed by atoms with Crippen LogP contribution in [0.3, 0.4) is 0 Å². The van der Waals surface area contributed by atoms with Crippen LogP contribution in [0.4, 0.5) is 0 Å². The molecule has 2 aromatic heterocycles. The van der Waals surface area contributed by atoms with Crippen LogP contribution < -0.4 is 0 Å². The maximum atomic E-state index is 4.20. The molecule has 0 unspecified atom stereocenters. The van der Waals surface area contributed by atoms with Gasteiger partial charge in [0, 0.05) is 36.0 Å². The van der Waals surface area contributed by atoms with Gasteiger partial charge in [-0.15, -0.1) is 0 Å². The molecule has 0 radical (unpaired) electrons. The molecule has 4 nitrogen and oxygen atoms in total. The predicted molar refractivity (Wildman–Crippen MR) is 164 cm³/mol. The van der Waals surface area contributed by atoms with Crippen molar-refractivity contribution in [3.8, 4) is 0 Å². The summed E-state index contributed by atoms with van der Waals surface area (Å²) in [6.07, 6.45) is 19.6. The Bertz CT molecular complexity index is 746. The van der Waals surface area contributed by atoms with Gasteiger partial charge in [0.05, 0.1) is 24.5 Å². The highest BCUT2D eigenvalue weighted by molar-refractivity contribution is 6.11. The molecule has 4 rings (SSSR count). The molecule has 0 N–H and O–H groups in total. The summed E-state index contributed by atoms with van der Waals surface area (Å²) in [6.45, 7) is 18.4. The lowest BCUT2D eigenvalue weighted by Crippen LogP contribution is -1.85. The molecular formula is C32H52N4. The van der Waals surface area contributed by atoms with Gasteiger partial charge in [-0.3, -0.25) is 20.0 Å². The Morgan fingerprint density at radius 3 is 1.11 bits per heavy atom. The smallest absolute Gasteiger partial charge is 0.0714 e. The largest absolute Gasteiger partial charge is 0.288 e. The summed E-state index contributed by atoms with van der Waals surface area (Å²) in [5.74, 6) is 0. The van der Waals surface area contributed by atoms with Gasteiger partial charge in [-0.1, -0.05) is 118 Å². The molecule has 0 saturated heterocycles. The average molecular weight is 493 g/mol. The first-order valence-electron chi connectivity index (χ1n) is 14.0. The van der Waals surface area contributed by atoms with Gasteiger partial charge in [-0.25, -0.2) is 0 Å². The second kappa shape index (κ2) is 28.4. The summed E-state index contributed by atoms with van der Waals surface area (Å²) in [6, 6.07) is 11.8. The molecule has 0 bridgehead atoms. The summed E-state index contributed by atoms with van der Waals surface area (Å²) in [5, 5.41) is 0. The molecule has 4 heterocycles. The SMILES string of the molecule is C1=NCC=C1c1ccccn1.C1=NCC=C1c1ccccn1.CC.CC.CCCCC.CCCCC. The van der Waals surface area contributed by atoms with Gasteiger partial charge in [0.25, 0.3) is 0 Å². The minimum Gasteiger partial charge on any atom is -0.288 e. The summed E-state index contributed by atoms with van der Waals surface area (Å²) >= 11 is 0. The fourth-order valence-electron chi connectivity index (χ4n) is 2.83. The topological polar surface area (TPSA) is 50.5 Å².